The standard InChI is InChI=1S/C10H9N3O4/c1-10(8(16)12-9(17)13-10)5-2-3-6(7(14)15)11-4-5/h2-4H,1H3,(H,14,15)(H2,12,13,16,17). The quantitative estimate of drug-likeness (QED) is 0.617. The van der Waals surface area contributed by atoms with Crippen LogP contribution in [0.5, 0.6) is 0 Å². The first-order chi connectivity index (χ1) is 7.93. The number of carbonyl (C=O) groups excluding carboxylic acids is 2. The number of nitrogens with one attached hydrogen (secondary N) is 2. The SMILES string of the molecule is CC1(c2ccc(C(=O)O)nc2)NC(=O)NC1=O. The number of aromatic nitrogens is 1. The maximum Gasteiger partial charge on any atom is 0.354 e. The Labute approximate surface area is 95.8 Å². The Hall–Kier alpha value is -2.44. The molecule has 7 heteroatoms. The van der Waals surface area contributed by atoms with Gasteiger partial charge in [0.05, 0.1) is 0 Å². The van der Waals surface area contributed by atoms with E-state index in [9.17, 15) is 14.4 Å². The summed E-state index contributed by atoms with van der Waals surface area (Å²) in [6, 6.07) is 2.14. The second-order valence-electron chi connectivity index (χ2n) is 3.77. The molecule has 1 aliphatic heterocycles. The van der Waals surface area contributed by atoms with Crippen LogP contribution >= 0.6 is 0 Å². The van der Waals surface area contributed by atoms with Crippen molar-refractivity contribution in [1.29, 1.82) is 0 Å². The molecule has 0 aliphatic carbocycles. The second kappa shape index (κ2) is 3.55. The van der Waals surface area contributed by atoms with Crippen LogP contribution in [0.3, 0.4) is 0 Å². The van der Waals surface area contributed by atoms with Gasteiger partial charge in [0, 0.05) is 11.8 Å². The molecule has 0 radical (unpaired) electrons. The van der Waals surface area contributed by atoms with E-state index < -0.39 is 23.4 Å². The van der Waals surface area contributed by atoms with Crippen LogP contribution in [-0.4, -0.2) is 28.0 Å². The normalized spacial score (nSPS) is 23.1. The number of amides is 3. The minimum Gasteiger partial charge on any atom is -0.477 e. The van der Waals surface area contributed by atoms with E-state index in [1.165, 1.54) is 25.3 Å². The molecule has 1 atom stereocenters. The Morgan fingerprint density at radius 3 is 2.53 bits per heavy atom. The Balaban J connectivity index is 2.37. The first-order valence-electron chi connectivity index (χ1n) is 4.77. The zero-order valence-corrected chi connectivity index (χ0v) is 8.85. The van der Waals surface area contributed by atoms with E-state index in [2.05, 4.69) is 15.6 Å². The van der Waals surface area contributed by atoms with Gasteiger partial charge in [0.2, 0.25) is 0 Å². The van der Waals surface area contributed by atoms with Gasteiger partial charge in [-0.25, -0.2) is 14.6 Å². The molecular weight excluding hydrogens is 226 g/mol. The van der Waals surface area contributed by atoms with Crippen molar-refractivity contribution in [3.05, 3.63) is 29.6 Å². The van der Waals surface area contributed by atoms with Gasteiger partial charge in [0.1, 0.15) is 11.2 Å². The van der Waals surface area contributed by atoms with Crippen molar-refractivity contribution < 1.29 is 19.5 Å². The Morgan fingerprint density at radius 2 is 2.12 bits per heavy atom. The molecule has 1 saturated heterocycles. The average Bonchev–Trinajstić information content (AvgIpc) is 2.54. The van der Waals surface area contributed by atoms with E-state index in [0.717, 1.165) is 0 Å². The van der Waals surface area contributed by atoms with E-state index in [1.54, 1.807) is 0 Å². The maximum absolute atomic E-state index is 11.6. The highest BCUT2D eigenvalue weighted by atomic mass is 16.4. The predicted octanol–water partition coefficient (Wildman–Crippen LogP) is -0.166. The topological polar surface area (TPSA) is 108 Å². The van der Waals surface area contributed by atoms with Crippen LogP contribution in [0.4, 0.5) is 4.79 Å². The predicted molar refractivity (Wildman–Crippen MR) is 55.2 cm³/mol. The Bertz CT molecular complexity index is 511. The van der Waals surface area contributed by atoms with Crippen molar-refractivity contribution in [2.24, 2.45) is 0 Å². The highest BCUT2D eigenvalue weighted by Crippen LogP contribution is 2.23. The number of rotatable bonds is 2. The smallest absolute Gasteiger partial charge is 0.354 e. The van der Waals surface area contributed by atoms with Gasteiger partial charge in [-0.15, -0.1) is 0 Å². The number of imide groups is 1. The number of urea groups is 1. The van der Waals surface area contributed by atoms with Crippen LogP contribution in [0.1, 0.15) is 23.0 Å². The molecule has 17 heavy (non-hydrogen) atoms. The third-order valence-corrected chi connectivity index (χ3v) is 2.60. The third-order valence-electron chi connectivity index (χ3n) is 2.60. The number of aromatic carboxylic acids is 1. The number of carboxylic acids is 1. The van der Waals surface area contributed by atoms with E-state index >= 15 is 0 Å². The fourth-order valence-corrected chi connectivity index (χ4v) is 1.56. The summed E-state index contributed by atoms with van der Waals surface area (Å²) in [6.45, 7) is 1.52. The lowest BCUT2D eigenvalue weighted by molar-refractivity contribution is -0.123. The van der Waals surface area contributed by atoms with Crippen LogP contribution in [0.15, 0.2) is 18.3 Å². The van der Waals surface area contributed by atoms with Crippen LogP contribution in [0, 0.1) is 0 Å². The number of pyridine rings is 1. The van der Waals surface area contributed by atoms with Crippen molar-refractivity contribution >= 4 is 17.9 Å². The fraction of sp³-hybridized carbons (Fsp3) is 0.200. The summed E-state index contributed by atoms with van der Waals surface area (Å²) >= 11 is 0. The molecular formula is C10H9N3O4. The molecule has 3 amide bonds. The molecule has 1 fully saturated rings. The summed E-state index contributed by atoms with van der Waals surface area (Å²) in [5.41, 5.74) is -0.908. The molecule has 2 rings (SSSR count). The molecule has 1 unspecified atom stereocenters. The Morgan fingerprint density at radius 1 is 1.41 bits per heavy atom. The van der Waals surface area contributed by atoms with Gasteiger partial charge in [0.15, 0.2) is 0 Å². The van der Waals surface area contributed by atoms with Crippen LogP contribution in [0.2, 0.25) is 0 Å². The molecule has 0 bridgehead atoms. The van der Waals surface area contributed by atoms with Gasteiger partial charge in [0.25, 0.3) is 5.91 Å². The summed E-state index contributed by atoms with van der Waals surface area (Å²) in [7, 11) is 0. The van der Waals surface area contributed by atoms with Crippen LogP contribution < -0.4 is 10.6 Å². The first-order valence-corrected chi connectivity index (χ1v) is 4.77. The molecule has 3 N–H and O–H groups in total. The van der Waals surface area contributed by atoms with Gasteiger partial charge in [-0.2, -0.15) is 0 Å². The zero-order valence-electron chi connectivity index (χ0n) is 8.85. The molecule has 0 saturated carbocycles. The lowest BCUT2D eigenvalue weighted by Gasteiger charge is -2.20. The number of nitrogens with zero attached hydrogens (tertiary/aromatic N) is 1. The highest BCUT2D eigenvalue weighted by molar-refractivity contribution is 6.07. The average molecular weight is 235 g/mol. The van der Waals surface area contributed by atoms with Gasteiger partial charge >= 0.3 is 12.0 Å². The van der Waals surface area contributed by atoms with E-state index in [-0.39, 0.29) is 5.69 Å². The van der Waals surface area contributed by atoms with Crippen molar-refractivity contribution in [3.63, 3.8) is 0 Å². The lowest BCUT2D eigenvalue weighted by Crippen LogP contribution is -2.40. The summed E-state index contributed by atoms with van der Waals surface area (Å²) in [5.74, 6) is -1.64. The number of carboxylic acid groups (broad SMARTS) is 1. The Kier molecular flexibility index (Phi) is 2.31. The number of hydrogen-bond donors (Lipinski definition) is 3. The van der Waals surface area contributed by atoms with E-state index in [4.69, 9.17) is 5.11 Å². The van der Waals surface area contributed by atoms with Crippen molar-refractivity contribution in [2.45, 2.75) is 12.5 Å². The molecule has 0 aromatic carbocycles. The molecule has 1 aromatic rings. The molecule has 1 aliphatic rings. The zero-order chi connectivity index (χ0) is 12.6. The van der Waals surface area contributed by atoms with Gasteiger partial charge in [-0.1, -0.05) is 6.07 Å². The molecule has 7 nitrogen and oxygen atoms in total. The van der Waals surface area contributed by atoms with Crippen LogP contribution in [0.25, 0.3) is 0 Å². The molecule has 2 heterocycles. The summed E-state index contributed by atoms with van der Waals surface area (Å²) in [4.78, 5) is 37.0. The molecule has 1 aromatic heterocycles. The van der Waals surface area contributed by atoms with E-state index in [1.807, 2.05) is 0 Å². The van der Waals surface area contributed by atoms with Crippen molar-refractivity contribution in [3.8, 4) is 0 Å². The second-order valence-corrected chi connectivity index (χ2v) is 3.77. The molecule has 0 spiro atoms. The number of carbonyl (C=O) groups is 3. The largest absolute Gasteiger partial charge is 0.477 e. The summed E-state index contributed by atoms with van der Waals surface area (Å²) in [6.07, 6.45) is 1.26. The van der Waals surface area contributed by atoms with Gasteiger partial charge < -0.3 is 10.4 Å². The van der Waals surface area contributed by atoms with E-state index in [0.29, 0.717) is 5.56 Å². The van der Waals surface area contributed by atoms with Gasteiger partial charge in [-0.3, -0.25) is 10.1 Å². The third kappa shape index (κ3) is 1.71. The first kappa shape index (κ1) is 11.1. The molecule has 88 valence electrons. The lowest BCUT2D eigenvalue weighted by atomic mass is 9.94. The summed E-state index contributed by atoms with van der Waals surface area (Å²) in [5, 5.41) is 13.3. The minimum absolute atomic E-state index is 0.123. The summed E-state index contributed by atoms with van der Waals surface area (Å²) < 4.78 is 0. The van der Waals surface area contributed by atoms with Crippen LogP contribution in [-0.2, 0) is 10.3 Å². The fourth-order valence-electron chi connectivity index (χ4n) is 1.56. The van der Waals surface area contributed by atoms with Crippen molar-refractivity contribution in [2.75, 3.05) is 0 Å². The van der Waals surface area contributed by atoms with Gasteiger partial charge in [-0.05, 0) is 13.0 Å². The monoisotopic (exact) mass is 235 g/mol. The van der Waals surface area contributed by atoms with Crippen molar-refractivity contribution in [1.82, 2.24) is 15.6 Å². The highest BCUT2D eigenvalue weighted by Gasteiger charge is 2.43. The number of hydrogen-bond acceptors (Lipinski definition) is 4. The maximum atomic E-state index is 11.6. The minimum atomic E-state index is -1.21.